The molecule has 1 N–H and O–H groups in total. The van der Waals surface area contributed by atoms with Gasteiger partial charge in [-0.3, -0.25) is 9.67 Å². The van der Waals surface area contributed by atoms with Gasteiger partial charge in [0.05, 0.1) is 0 Å². The molecule has 2 fully saturated rings. The van der Waals surface area contributed by atoms with Crippen LogP contribution in [0.2, 0.25) is 0 Å². The van der Waals surface area contributed by atoms with Crippen LogP contribution in [-0.4, -0.2) is 47.3 Å². The molecule has 1 aliphatic heterocycles. The molecule has 0 atom stereocenters. The average Bonchev–Trinajstić information content (AvgIpc) is 3.19. The predicted molar refractivity (Wildman–Crippen MR) is 89.9 cm³/mol. The number of hydrogen-bond acceptors (Lipinski definition) is 2. The zero-order valence-corrected chi connectivity index (χ0v) is 13.8. The van der Waals surface area contributed by atoms with Gasteiger partial charge in [0, 0.05) is 45.6 Å². The van der Waals surface area contributed by atoms with Crippen LogP contribution in [0.4, 0.5) is 0 Å². The lowest BCUT2D eigenvalue weighted by atomic mass is 9.73. The molecule has 5 nitrogen and oxygen atoms in total. The minimum atomic E-state index is 0.588. The second-order valence-electron chi connectivity index (χ2n) is 6.83. The smallest absolute Gasteiger partial charge is 0.193 e. The van der Waals surface area contributed by atoms with E-state index >= 15 is 0 Å². The van der Waals surface area contributed by atoms with Crippen molar-refractivity contribution in [2.24, 2.45) is 10.4 Å². The number of hydrogen-bond donors (Lipinski definition) is 1. The Kier molecular flexibility index (Phi) is 5.01. The molecule has 1 saturated heterocycles. The summed E-state index contributed by atoms with van der Waals surface area (Å²) in [5, 5.41) is 7.77. The van der Waals surface area contributed by atoms with Crippen LogP contribution in [0, 0.1) is 5.41 Å². The molecule has 5 heteroatoms. The van der Waals surface area contributed by atoms with E-state index in [-0.39, 0.29) is 0 Å². The predicted octanol–water partition coefficient (Wildman–Crippen LogP) is 2.50. The maximum Gasteiger partial charge on any atom is 0.193 e. The van der Waals surface area contributed by atoms with E-state index in [1.165, 1.54) is 51.6 Å². The summed E-state index contributed by atoms with van der Waals surface area (Å²) < 4.78 is 1.98. The molecule has 0 unspecified atom stereocenters. The third kappa shape index (κ3) is 3.62. The van der Waals surface area contributed by atoms with E-state index in [0.29, 0.717) is 5.41 Å². The minimum Gasteiger partial charge on any atom is -0.356 e. The summed E-state index contributed by atoms with van der Waals surface area (Å²) in [7, 11) is 1.90. The highest BCUT2D eigenvalue weighted by Crippen LogP contribution is 2.43. The fourth-order valence-corrected chi connectivity index (χ4v) is 4.03. The van der Waals surface area contributed by atoms with Crippen molar-refractivity contribution in [2.75, 3.05) is 26.7 Å². The molecular weight excluding hydrogens is 274 g/mol. The van der Waals surface area contributed by atoms with Crippen LogP contribution in [0.1, 0.15) is 44.9 Å². The van der Waals surface area contributed by atoms with Crippen molar-refractivity contribution >= 4 is 5.96 Å². The second kappa shape index (κ2) is 7.16. The number of aryl methyl sites for hydroxylation is 1. The van der Waals surface area contributed by atoms with Gasteiger partial charge < -0.3 is 10.2 Å². The summed E-state index contributed by atoms with van der Waals surface area (Å²) in [5.41, 5.74) is 0.588. The number of aromatic nitrogens is 2. The lowest BCUT2D eigenvalue weighted by Gasteiger charge is -2.33. The topological polar surface area (TPSA) is 45.5 Å². The fourth-order valence-electron chi connectivity index (χ4n) is 4.03. The van der Waals surface area contributed by atoms with Gasteiger partial charge in [0.1, 0.15) is 0 Å². The number of nitrogens with one attached hydrogen (secondary N) is 1. The SMILES string of the molecule is CN=C(NCCCn1cccn1)N1CCC2(CCCCC2)C1. The molecule has 0 radical (unpaired) electrons. The maximum absolute atomic E-state index is 4.49. The monoisotopic (exact) mass is 303 g/mol. The van der Waals surface area contributed by atoms with Crippen LogP contribution < -0.4 is 5.32 Å². The Morgan fingerprint density at radius 3 is 2.86 bits per heavy atom. The Morgan fingerprint density at radius 2 is 2.14 bits per heavy atom. The standard InChI is InChI=1S/C17H29N5/c1-18-16(19-10-5-12-22-13-6-11-20-22)21-14-9-17(15-21)7-3-2-4-8-17/h6,11,13H,2-5,7-10,12,14-15H2,1H3,(H,18,19). The first-order valence-electron chi connectivity index (χ1n) is 8.74. The van der Waals surface area contributed by atoms with E-state index in [1.807, 2.05) is 30.2 Å². The van der Waals surface area contributed by atoms with E-state index in [4.69, 9.17) is 0 Å². The van der Waals surface area contributed by atoms with Crippen LogP contribution in [0.3, 0.4) is 0 Å². The molecular formula is C17H29N5. The average molecular weight is 303 g/mol. The molecule has 22 heavy (non-hydrogen) atoms. The summed E-state index contributed by atoms with van der Waals surface area (Å²) in [5.74, 6) is 1.09. The highest BCUT2D eigenvalue weighted by Gasteiger charge is 2.39. The van der Waals surface area contributed by atoms with Gasteiger partial charge in [0.25, 0.3) is 0 Å². The quantitative estimate of drug-likeness (QED) is 0.528. The maximum atomic E-state index is 4.49. The van der Waals surface area contributed by atoms with Gasteiger partial charge in [-0.25, -0.2) is 0 Å². The fraction of sp³-hybridized carbons (Fsp3) is 0.765. The van der Waals surface area contributed by atoms with Crippen molar-refractivity contribution in [3.05, 3.63) is 18.5 Å². The summed E-state index contributed by atoms with van der Waals surface area (Å²) in [6.07, 6.45) is 13.4. The molecule has 1 aromatic heterocycles. The molecule has 122 valence electrons. The molecule has 0 amide bonds. The van der Waals surface area contributed by atoms with Gasteiger partial charge in [0.15, 0.2) is 5.96 Å². The molecule has 1 aliphatic carbocycles. The van der Waals surface area contributed by atoms with Crippen molar-refractivity contribution in [1.29, 1.82) is 0 Å². The number of nitrogens with zero attached hydrogens (tertiary/aromatic N) is 4. The third-order valence-electron chi connectivity index (χ3n) is 5.27. The number of guanidine groups is 1. The van der Waals surface area contributed by atoms with E-state index in [9.17, 15) is 0 Å². The first-order valence-corrected chi connectivity index (χ1v) is 8.74. The Balaban J connectivity index is 1.44. The van der Waals surface area contributed by atoms with E-state index < -0.39 is 0 Å². The summed E-state index contributed by atoms with van der Waals surface area (Å²) in [6, 6.07) is 1.97. The van der Waals surface area contributed by atoms with Crippen molar-refractivity contribution in [3.8, 4) is 0 Å². The van der Waals surface area contributed by atoms with Gasteiger partial charge in [-0.05, 0) is 37.2 Å². The van der Waals surface area contributed by atoms with E-state index in [0.717, 1.165) is 25.5 Å². The van der Waals surface area contributed by atoms with Gasteiger partial charge in [-0.1, -0.05) is 19.3 Å². The normalized spacial score (nSPS) is 21.5. The van der Waals surface area contributed by atoms with E-state index in [1.54, 1.807) is 0 Å². The van der Waals surface area contributed by atoms with Crippen molar-refractivity contribution in [3.63, 3.8) is 0 Å². The second-order valence-corrected chi connectivity index (χ2v) is 6.83. The van der Waals surface area contributed by atoms with Gasteiger partial charge >= 0.3 is 0 Å². The Hall–Kier alpha value is -1.52. The first kappa shape index (κ1) is 15.4. The van der Waals surface area contributed by atoms with Crippen molar-refractivity contribution in [2.45, 2.75) is 51.5 Å². The van der Waals surface area contributed by atoms with Crippen molar-refractivity contribution in [1.82, 2.24) is 20.0 Å². The molecule has 0 bridgehead atoms. The molecule has 2 heterocycles. The highest BCUT2D eigenvalue weighted by atomic mass is 15.3. The number of rotatable bonds is 4. The van der Waals surface area contributed by atoms with Crippen molar-refractivity contribution < 1.29 is 0 Å². The molecule has 1 aromatic rings. The summed E-state index contributed by atoms with van der Waals surface area (Å²) >= 11 is 0. The number of likely N-dealkylation sites (tertiary alicyclic amines) is 1. The van der Waals surface area contributed by atoms with E-state index in [2.05, 4.69) is 20.3 Å². The lowest BCUT2D eigenvalue weighted by molar-refractivity contribution is 0.203. The summed E-state index contributed by atoms with van der Waals surface area (Å²) in [4.78, 5) is 6.96. The van der Waals surface area contributed by atoms with Crippen LogP contribution in [0.15, 0.2) is 23.5 Å². The molecule has 0 aromatic carbocycles. The van der Waals surface area contributed by atoms with Gasteiger partial charge in [-0.2, -0.15) is 5.10 Å². The van der Waals surface area contributed by atoms with Gasteiger partial charge in [-0.15, -0.1) is 0 Å². The Bertz CT molecular complexity index is 473. The van der Waals surface area contributed by atoms with Crippen LogP contribution in [0.5, 0.6) is 0 Å². The Morgan fingerprint density at radius 1 is 1.27 bits per heavy atom. The lowest BCUT2D eigenvalue weighted by Crippen LogP contribution is -2.42. The third-order valence-corrected chi connectivity index (χ3v) is 5.27. The van der Waals surface area contributed by atoms with Crippen LogP contribution in [-0.2, 0) is 6.54 Å². The molecule has 1 saturated carbocycles. The largest absolute Gasteiger partial charge is 0.356 e. The first-order chi connectivity index (χ1) is 10.8. The van der Waals surface area contributed by atoms with Crippen LogP contribution in [0.25, 0.3) is 0 Å². The molecule has 2 aliphatic rings. The van der Waals surface area contributed by atoms with Crippen LogP contribution >= 0.6 is 0 Å². The summed E-state index contributed by atoms with van der Waals surface area (Å²) in [6.45, 7) is 4.28. The number of aliphatic imine (C=N–C) groups is 1. The van der Waals surface area contributed by atoms with Gasteiger partial charge in [0.2, 0.25) is 0 Å². The molecule has 1 spiro atoms. The minimum absolute atomic E-state index is 0.588. The zero-order valence-electron chi connectivity index (χ0n) is 13.8. The molecule has 3 rings (SSSR count). The highest BCUT2D eigenvalue weighted by molar-refractivity contribution is 5.80. The zero-order chi connectivity index (χ0) is 15.3. The Labute approximate surface area is 133 Å².